The highest BCUT2D eigenvalue weighted by molar-refractivity contribution is 6.43. The van der Waals surface area contributed by atoms with Gasteiger partial charge in [0.1, 0.15) is 0 Å². The Balaban J connectivity index is 2.54. The summed E-state index contributed by atoms with van der Waals surface area (Å²) < 4.78 is 1.48. The van der Waals surface area contributed by atoms with E-state index in [1.807, 2.05) is 44.2 Å². The highest BCUT2D eigenvalue weighted by Gasteiger charge is 2.18. The maximum absolute atomic E-state index is 11.2. The zero-order chi connectivity index (χ0) is 16.4. The van der Waals surface area contributed by atoms with Crippen molar-refractivity contribution < 1.29 is 4.79 Å². The van der Waals surface area contributed by atoms with Crippen LogP contribution >= 0.6 is 35.0 Å². The van der Waals surface area contributed by atoms with Crippen molar-refractivity contribution in [2.45, 2.75) is 20.3 Å². The van der Waals surface area contributed by atoms with Crippen LogP contribution < -0.4 is 10.2 Å². The lowest BCUT2D eigenvalue weighted by Crippen LogP contribution is -2.16. The largest absolute Gasteiger partial charge is 0.369 e. The van der Waals surface area contributed by atoms with E-state index in [0.29, 0.717) is 21.4 Å². The molecule has 2 aromatic rings. The van der Waals surface area contributed by atoms with Crippen LogP contribution in [0.1, 0.15) is 16.7 Å². The van der Waals surface area contributed by atoms with Crippen LogP contribution in [0, 0.1) is 13.8 Å². The molecule has 0 fully saturated rings. The van der Waals surface area contributed by atoms with Crippen molar-refractivity contribution in [3.8, 4) is 0 Å². The molecule has 6 heteroatoms. The van der Waals surface area contributed by atoms with Gasteiger partial charge in [-0.25, -0.2) is 0 Å². The van der Waals surface area contributed by atoms with Crippen LogP contribution in [0.15, 0.2) is 30.3 Å². The van der Waals surface area contributed by atoms with Crippen LogP contribution in [0.4, 0.5) is 11.4 Å². The number of primary amides is 1. The highest BCUT2D eigenvalue weighted by atomic mass is 35.5. The van der Waals surface area contributed by atoms with E-state index in [2.05, 4.69) is 0 Å². The second-order valence-electron chi connectivity index (χ2n) is 5.02. The molecule has 0 spiro atoms. The highest BCUT2D eigenvalue weighted by Crippen LogP contribution is 2.40. The number of hydrogen-bond acceptors (Lipinski definition) is 2. The minimum atomic E-state index is -0.417. The lowest BCUT2D eigenvalue weighted by atomic mass is 10.1. The van der Waals surface area contributed by atoms with Crippen molar-refractivity contribution in [1.82, 2.24) is 0 Å². The van der Waals surface area contributed by atoms with Crippen LogP contribution in [0.3, 0.4) is 0 Å². The first-order chi connectivity index (χ1) is 10.3. The molecule has 0 aliphatic rings. The van der Waals surface area contributed by atoms with Crippen molar-refractivity contribution in [2.75, 3.05) is 4.42 Å². The standard InChI is InChI=1S/C16H15Cl3N2O/c1-9-7-13(10(2)16(18)15(9)17)21(19)12-6-4-3-5-11(12)8-14(20)22/h3-7H,8H2,1-2H3,(H2,20,22). The summed E-state index contributed by atoms with van der Waals surface area (Å²) in [6.45, 7) is 3.70. The minimum Gasteiger partial charge on any atom is -0.369 e. The third kappa shape index (κ3) is 3.32. The summed E-state index contributed by atoms with van der Waals surface area (Å²) in [6.07, 6.45) is 0.110. The normalized spacial score (nSPS) is 10.6. The summed E-state index contributed by atoms with van der Waals surface area (Å²) in [4.78, 5) is 11.2. The molecule has 2 N–H and O–H groups in total. The number of rotatable bonds is 4. The number of nitrogens with zero attached hydrogens (tertiary/aromatic N) is 1. The van der Waals surface area contributed by atoms with Crippen molar-refractivity contribution in [1.29, 1.82) is 0 Å². The van der Waals surface area contributed by atoms with E-state index in [1.165, 1.54) is 4.42 Å². The van der Waals surface area contributed by atoms with E-state index < -0.39 is 5.91 Å². The van der Waals surface area contributed by atoms with Gasteiger partial charge >= 0.3 is 0 Å². The first-order valence-electron chi connectivity index (χ1n) is 6.60. The summed E-state index contributed by atoms with van der Waals surface area (Å²) in [6, 6.07) is 9.17. The Labute approximate surface area is 144 Å². The summed E-state index contributed by atoms with van der Waals surface area (Å²) >= 11 is 18.9. The Bertz CT molecular complexity index is 732. The van der Waals surface area contributed by atoms with Gasteiger partial charge in [-0.3, -0.25) is 9.21 Å². The van der Waals surface area contributed by atoms with Gasteiger partial charge < -0.3 is 5.73 Å². The average molecular weight is 358 g/mol. The number of hydrogen-bond donors (Lipinski definition) is 1. The Morgan fingerprint density at radius 3 is 2.41 bits per heavy atom. The molecule has 2 rings (SSSR count). The number of halogens is 3. The molecule has 2 aromatic carbocycles. The average Bonchev–Trinajstić information content (AvgIpc) is 2.48. The number of para-hydroxylation sites is 1. The second-order valence-corrected chi connectivity index (χ2v) is 6.11. The van der Waals surface area contributed by atoms with Crippen molar-refractivity contribution in [2.24, 2.45) is 5.73 Å². The molecular weight excluding hydrogens is 343 g/mol. The van der Waals surface area contributed by atoms with E-state index in [9.17, 15) is 4.79 Å². The number of anilines is 2. The lowest BCUT2D eigenvalue weighted by Gasteiger charge is -2.22. The first kappa shape index (κ1) is 16.9. The summed E-state index contributed by atoms with van der Waals surface area (Å²) in [5.41, 5.74) is 9.02. The number of carbonyl (C=O) groups excluding carboxylic acids is 1. The van der Waals surface area contributed by atoms with E-state index in [-0.39, 0.29) is 6.42 Å². The van der Waals surface area contributed by atoms with Crippen molar-refractivity contribution >= 4 is 52.3 Å². The summed E-state index contributed by atoms with van der Waals surface area (Å²) in [7, 11) is 0. The summed E-state index contributed by atoms with van der Waals surface area (Å²) in [5.74, 6) is -0.417. The van der Waals surface area contributed by atoms with Crippen molar-refractivity contribution in [3.05, 3.63) is 57.1 Å². The predicted molar refractivity (Wildman–Crippen MR) is 93.3 cm³/mol. The molecule has 0 saturated carbocycles. The van der Waals surface area contributed by atoms with Gasteiger partial charge in [0, 0.05) is 11.8 Å². The Morgan fingerprint density at radius 2 is 1.77 bits per heavy atom. The van der Waals surface area contributed by atoms with Gasteiger partial charge in [0.05, 0.1) is 27.8 Å². The molecule has 0 heterocycles. The SMILES string of the molecule is Cc1cc(N(Cl)c2ccccc2CC(N)=O)c(C)c(Cl)c1Cl. The van der Waals surface area contributed by atoms with Gasteiger partial charge in [0.25, 0.3) is 0 Å². The molecule has 0 aliphatic heterocycles. The van der Waals surface area contributed by atoms with E-state index in [1.54, 1.807) is 0 Å². The van der Waals surface area contributed by atoms with Crippen LogP contribution in [0.5, 0.6) is 0 Å². The minimum absolute atomic E-state index is 0.110. The monoisotopic (exact) mass is 356 g/mol. The fraction of sp³-hybridized carbons (Fsp3) is 0.188. The zero-order valence-corrected chi connectivity index (χ0v) is 14.4. The molecule has 0 radical (unpaired) electrons. The molecule has 1 amide bonds. The van der Waals surface area contributed by atoms with Gasteiger partial charge in [-0.05, 0) is 42.7 Å². The van der Waals surface area contributed by atoms with Crippen LogP contribution in [0.25, 0.3) is 0 Å². The molecular formula is C16H15Cl3N2O. The number of nitrogens with two attached hydrogens (primary N) is 1. The van der Waals surface area contributed by atoms with Gasteiger partial charge in [-0.2, -0.15) is 0 Å². The lowest BCUT2D eigenvalue weighted by molar-refractivity contribution is -0.117. The number of carbonyl (C=O) groups is 1. The third-order valence-electron chi connectivity index (χ3n) is 3.38. The number of aryl methyl sites for hydroxylation is 1. The van der Waals surface area contributed by atoms with Crippen molar-refractivity contribution in [3.63, 3.8) is 0 Å². The van der Waals surface area contributed by atoms with Gasteiger partial charge in [0.15, 0.2) is 0 Å². The maximum Gasteiger partial charge on any atom is 0.221 e. The smallest absolute Gasteiger partial charge is 0.221 e. The van der Waals surface area contributed by atoms with Gasteiger partial charge in [0.2, 0.25) is 5.91 Å². The molecule has 0 bridgehead atoms. The second kappa shape index (κ2) is 6.78. The third-order valence-corrected chi connectivity index (χ3v) is 4.81. The van der Waals surface area contributed by atoms with Crippen LogP contribution in [-0.2, 0) is 11.2 Å². The topological polar surface area (TPSA) is 46.3 Å². The molecule has 0 aromatic heterocycles. The van der Waals surface area contributed by atoms with E-state index in [0.717, 1.165) is 16.7 Å². The number of amides is 1. The van der Waals surface area contributed by atoms with Crippen LogP contribution in [0.2, 0.25) is 10.0 Å². The predicted octanol–water partition coefficient (Wildman–Crippen LogP) is 4.93. The van der Waals surface area contributed by atoms with Gasteiger partial charge in [-0.15, -0.1) is 0 Å². The number of benzene rings is 2. The molecule has 116 valence electrons. The Morgan fingerprint density at radius 1 is 1.14 bits per heavy atom. The summed E-state index contributed by atoms with van der Waals surface area (Å²) in [5, 5.41) is 0.980. The molecule has 22 heavy (non-hydrogen) atoms. The van der Waals surface area contributed by atoms with E-state index in [4.69, 9.17) is 40.7 Å². The Hall–Kier alpha value is -1.42. The molecule has 0 atom stereocenters. The zero-order valence-electron chi connectivity index (χ0n) is 12.2. The van der Waals surface area contributed by atoms with Crippen LogP contribution in [-0.4, -0.2) is 5.91 Å². The molecule has 0 saturated heterocycles. The molecule has 0 unspecified atom stereocenters. The van der Waals surface area contributed by atoms with Gasteiger partial charge in [-0.1, -0.05) is 41.4 Å². The maximum atomic E-state index is 11.2. The fourth-order valence-corrected chi connectivity index (χ4v) is 2.98. The quantitative estimate of drug-likeness (QED) is 0.789. The molecule has 3 nitrogen and oxygen atoms in total. The van der Waals surface area contributed by atoms with E-state index >= 15 is 0 Å². The molecule has 0 aliphatic carbocycles. The first-order valence-corrected chi connectivity index (χ1v) is 7.69. The Kier molecular flexibility index (Phi) is 5.22. The fourth-order valence-electron chi connectivity index (χ4n) is 2.20.